The summed E-state index contributed by atoms with van der Waals surface area (Å²) in [5.74, 6) is -0.936. The Morgan fingerprint density at radius 1 is 0.977 bits per heavy atom. The Hall–Kier alpha value is -3.24. The number of carbonyl (C=O) groups is 1. The number of hydrogen-bond acceptors (Lipinski definition) is 6. The summed E-state index contributed by atoms with van der Waals surface area (Å²) in [4.78, 5) is 26.4. The second-order valence-corrected chi connectivity index (χ2v) is 18.3. The summed E-state index contributed by atoms with van der Waals surface area (Å²) >= 11 is 0. The SMILES string of the molecule is COc1ccc(N(/C=C/[C@H](c2ccc(F)cc2)[C@H](CO[Si](C(C)C)(C(C)C)C(C)C)C[N+](=O)[O-])C(=O)OC(C)(C)C)cc1. The van der Waals surface area contributed by atoms with Crippen LogP contribution in [0.4, 0.5) is 14.9 Å². The van der Waals surface area contributed by atoms with Crippen LogP contribution in [0.15, 0.2) is 60.8 Å². The Bertz CT molecular complexity index is 1190. The molecule has 0 aromatic heterocycles. The van der Waals surface area contributed by atoms with E-state index in [2.05, 4.69) is 41.5 Å². The van der Waals surface area contributed by atoms with Crippen molar-refractivity contribution in [3.05, 3.63) is 82.3 Å². The van der Waals surface area contributed by atoms with Crippen LogP contribution in [-0.2, 0) is 9.16 Å². The molecular weight excluding hydrogens is 567 g/mol. The summed E-state index contributed by atoms with van der Waals surface area (Å²) in [7, 11) is -0.795. The second kappa shape index (κ2) is 15.5. The van der Waals surface area contributed by atoms with Crippen molar-refractivity contribution in [2.24, 2.45) is 5.92 Å². The zero-order valence-corrected chi connectivity index (χ0v) is 28.3. The van der Waals surface area contributed by atoms with Gasteiger partial charge in [0.25, 0.3) is 0 Å². The Morgan fingerprint density at radius 2 is 1.51 bits per heavy atom. The molecule has 2 atom stereocenters. The van der Waals surface area contributed by atoms with Crippen LogP contribution in [0.25, 0.3) is 0 Å². The van der Waals surface area contributed by atoms with Gasteiger partial charge in [0.05, 0.1) is 18.7 Å². The normalized spacial score (nSPS) is 13.9. The van der Waals surface area contributed by atoms with Crippen molar-refractivity contribution >= 4 is 20.1 Å². The van der Waals surface area contributed by atoms with Crippen LogP contribution in [0, 0.1) is 21.8 Å². The highest BCUT2D eigenvalue weighted by atomic mass is 28.4. The third kappa shape index (κ3) is 9.89. The molecule has 8 nitrogen and oxygen atoms in total. The monoisotopic (exact) mass is 616 g/mol. The van der Waals surface area contributed by atoms with Crippen LogP contribution in [0.1, 0.15) is 73.8 Å². The summed E-state index contributed by atoms with van der Waals surface area (Å²) in [6.07, 6.45) is 2.72. The number of halogens is 1. The molecule has 0 unspecified atom stereocenters. The number of benzene rings is 2. The molecule has 0 fully saturated rings. The molecular formula is C33H49FN2O6Si. The van der Waals surface area contributed by atoms with Crippen LogP contribution < -0.4 is 9.64 Å². The average Bonchev–Trinajstić information content (AvgIpc) is 2.90. The van der Waals surface area contributed by atoms with Crippen molar-refractivity contribution in [3.8, 4) is 5.75 Å². The number of nitrogens with zero attached hydrogens (tertiary/aromatic N) is 2. The third-order valence-electron chi connectivity index (χ3n) is 7.78. The van der Waals surface area contributed by atoms with Gasteiger partial charge in [-0.25, -0.2) is 9.18 Å². The van der Waals surface area contributed by atoms with Crippen LogP contribution in [0.3, 0.4) is 0 Å². The molecule has 0 bridgehead atoms. The largest absolute Gasteiger partial charge is 0.497 e. The summed E-state index contributed by atoms with van der Waals surface area (Å²) in [5.41, 5.74) is 1.32. The third-order valence-corrected chi connectivity index (χ3v) is 13.9. The van der Waals surface area contributed by atoms with Gasteiger partial charge in [-0.3, -0.25) is 15.0 Å². The van der Waals surface area contributed by atoms with E-state index in [0.717, 1.165) is 0 Å². The highest BCUT2D eigenvalue weighted by molar-refractivity contribution is 6.77. The quantitative estimate of drug-likeness (QED) is 0.120. The predicted octanol–water partition coefficient (Wildman–Crippen LogP) is 8.96. The number of anilines is 1. The van der Waals surface area contributed by atoms with E-state index in [1.165, 1.54) is 17.0 Å². The molecule has 0 aliphatic carbocycles. The fourth-order valence-electron chi connectivity index (χ4n) is 5.92. The number of hydrogen-bond donors (Lipinski definition) is 0. The lowest BCUT2D eigenvalue weighted by Crippen LogP contribution is -2.49. The summed E-state index contributed by atoms with van der Waals surface area (Å²) in [6, 6.07) is 12.8. The summed E-state index contributed by atoms with van der Waals surface area (Å²) in [5, 5.41) is 12.0. The molecule has 0 saturated carbocycles. The second-order valence-electron chi connectivity index (χ2n) is 12.9. The van der Waals surface area contributed by atoms with Gasteiger partial charge in [0, 0.05) is 23.6 Å². The van der Waals surface area contributed by atoms with Crippen LogP contribution in [-0.4, -0.2) is 45.2 Å². The molecule has 1 amide bonds. The van der Waals surface area contributed by atoms with Crippen molar-refractivity contribution in [1.82, 2.24) is 0 Å². The van der Waals surface area contributed by atoms with Gasteiger partial charge in [-0.1, -0.05) is 59.8 Å². The lowest BCUT2D eigenvalue weighted by molar-refractivity contribution is -0.489. The number of methoxy groups -OCH3 is 1. The fourth-order valence-corrected chi connectivity index (χ4v) is 11.4. The molecule has 2 rings (SSSR count). The van der Waals surface area contributed by atoms with Crippen LogP contribution in [0.5, 0.6) is 5.75 Å². The van der Waals surface area contributed by atoms with Gasteiger partial charge in [0.2, 0.25) is 6.54 Å². The minimum absolute atomic E-state index is 0.156. The van der Waals surface area contributed by atoms with Gasteiger partial charge < -0.3 is 13.9 Å². The van der Waals surface area contributed by atoms with E-state index in [9.17, 15) is 19.3 Å². The molecule has 0 aliphatic heterocycles. The highest BCUT2D eigenvalue weighted by Gasteiger charge is 2.46. The lowest BCUT2D eigenvalue weighted by atomic mass is 9.86. The minimum atomic E-state index is -2.35. The number of carbonyl (C=O) groups excluding carboxylic acids is 1. The molecule has 0 aliphatic rings. The van der Waals surface area contributed by atoms with E-state index in [1.54, 1.807) is 76.6 Å². The number of amides is 1. The number of nitro groups is 1. The average molecular weight is 617 g/mol. The Kier molecular flexibility index (Phi) is 12.9. The number of ether oxygens (including phenoxy) is 2. The molecule has 43 heavy (non-hydrogen) atoms. The van der Waals surface area contributed by atoms with Gasteiger partial charge in [-0.15, -0.1) is 0 Å². The Balaban J connectivity index is 2.64. The molecule has 0 radical (unpaired) electrons. The van der Waals surface area contributed by atoms with E-state index in [0.29, 0.717) is 33.6 Å². The van der Waals surface area contributed by atoms with Crippen molar-refractivity contribution in [2.45, 2.75) is 90.5 Å². The first kappa shape index (κ1) is 36.0. The molecule has 0 spiro atoms. The van der Waals surface area contributed by atoms with Crippen molar-refractivity contribution in [2.75, 3.05) is 25.2 Å². The van der Waals surface area contributed by atoms with Gasteiger partial charge in [0.1, 0.15) is 17.2 Å². The van der Waals surface area contributed by atoms with E-state index < -0.39 is 37.7 Å². The Morgan fingerprint density at radius 3 is 1.95 bits per heavy atom. The lowest BCUT2D eigenvalue weighted by Gasteiger charge is -2.43. The molecule has 2 aromatic carbocycles. The standard InChI is InChI=1S/C33H49FN2O6Si/c1-23(2)43(24(3)4,25(5)6)41-22-27(21-36(38)39)31(26-11-13-28(34)14-12-26)19-20-35(32(37)42-33(7,8)9)29-15-17-30(40-10)18-16-29/h11-20,23-25,27,31H,21-22H2,1-10H3/b20-19+/t27-,31+/m0/s1. The number of rotatable bonds is 14. The van der Waals surface area contributed by atoms with Crippen molar-refractivity contribution in [3.63, 3.8) is 0 Å². The van der Waals surface area contributed by atoms with Crippen molar-refractivity contribution < 1.29 is 28.0 Å². The maximum atomic E-state index is 14.0. The minimum Gasteiger partial charge on any atom is -0.497 e. The predicted molar refractivity (Wildman–Crippen MR) is 172 cm³/mol. The smallest absolute Gasteiger partial charge is 0.418 e. The fraction of sp³-hybridized carbons (Fsp3) is 0.545. The van der Waals surface area contributed by atoms with E-state index >= 15 is 0 Å². The summed E-state index contributed by atoms with van der Waals surface area (Å²) in [6.45, 7) is 18.1. The van der Waals surface area contributed by atoms with E-state index in [-0.39, 0.29) is 18.1 Å². The zero-order valence-electron chi connectivity index (χ0n) is 27.3. The Labute approximate surface area is 257 Å². The summed E-state index contributed by atoms with van der Waals surface area (Å²) < 4.78 is 31.8. The molecule has 0 heterocycles. The maximum Gasteiger partial charge on any atom is 0.418 e. The molecule has 2 aromatic rings. The molecule has 0 N–H and O–H groups in total. The van der Waals surface area contributed by atoms with Gasteiger partial charge in [-0.05, 0) is 79.4 Å². The first-order valence-corrected chi connectivity index (χ1v) is 17.0. The van der Waals surface area contributed by atoms with Gasteiger partial charge in [-0.2, -0.15) is 0 Å². The van der Waals surface area contributed by atoms with Crippen LogP contribution in [0.2, 0.25) is 16.6 Å². The maximum absolute atomic E-state index is 14.0. The topological polar surface area (TPSA) is 91.1 Å². The van der Waals surface area contributed by atoms with Crippen molar-refractivity contribution in [1.29, 1.82) is 0 Å². The molecule has 238 valence electrons. The first-order valence-electron chi connectivity index (χ1n) is 14.9. The van der Waals surface area contributed by atoms with E-state index in [1.807, 2.05) is 0 Å². The molecule has 0 saturated heterocycles. The zero-order chi connectivity index (χ0) is 32.5. The van der Waals surface area contributed by atoms with Gasteiger partial charge >= 0.3 is 6.09 Å². The molecule has 10 heteroatoms. The highest BCUT2D eigenvalue weighted by Crippen LogP contribution is 2.43. The van der Waals surface area contributed by atoms with Crippen LogP contribution >= 0.6 is 0 Å². The first-order chi connectivity index (χ1) is 20.0. The number of allylic oxidation sites excluding steroid dienone is 1. The van der Waals surface area contributed by atoms with Gasteiger partial charge in [0.15, 0.2) is 8.32 Å². The van der Waals surface area contributed by atoms with E-state index in [4.69, 9.17) is 13.9 Å².